The summed E-state index contributed by atoms with van der Waals surface area (Å²) in [4.78, 5) is 10.1. The Morgan fingerprint density at radius 2 is 2.00 bits per heavy atom. The molecule has 0 radical (unpaired) electrons. The Morgan fingerprint density at radius 1 is 1.43 bits per heavy atom. The van der Waals surface area contributed by atoms with Crippen molar-refractivity contribution in [2.75, 3.05) is 6.61 Å². The third kappa shape index (κ3) is 4.55. The van der Waals surface area contributed by atoms with E-state index in [4.69, 9.17) is 9.84 Å². The monoisotopic (exact) mass is 373 g/mol. The van der Waals surface area contributed by atoms with Crippen molar-refractivity contribution in [1.82, 2.24) is 0 Å². The molecule has 2 atom stereocenters. The summed E-state index contributed by atoms with van der Waals surface area (Å²) < 4.78 is 41.6. The van der Waals surface area contributed by atoms with Crippen molar-refractivity contribution >= 4 is 21.6 Å². The molecule has 10 heteroatoms. The number of alkyl halides is 3. The number of hydrogen-bond donors (Lipinski definition) is 2. The number of aliphatic hydroxyl groups excluding tert-OH is 2. The van der Waals surface area contributed by atoms with Crippen molar-refractivity contribution in [1.29, 1.82) is 0 Å². The fraction of sp³-hybridized carbons (Fsp3) is 0.455. The number of aliphatic hydroxyl groups is 2. The van der Waals surface area contributed by atoms with Crippen molar-refractivity contribution in [2.45, 2.75) is 25.3 Å². The van der Waals surface area contributed by atoms with Crippen molar-refractivity contribution in [3.8, 4) is 5.75 Å². The fourth-order valence-corrected chi connectivity index (χ4v) is 1.92. The molecular weight excluding hydrogens is 363 g/mol. The summed E-state index contributed by atoms with van der Waals surface area (Å²) in [5.74, 6) is -0.512. The summed E-state index contributed by atoms with van der Waals surface area (Å²) in [6, 6.07) is 2.31. The van der Waals surface area contributed by atoms with Gasteiger partial charge in [0, 0.05) is 16.1 Å². The smallest absolute Gasteiger partial charge is 0.417 e. The van der Waals surface area contributed by atoms with Gasteiger partial charge in [0.15, 0.2) is 6.10 Å². The number of hydrogen-bond acceptors (Lipinski definition) is 5. The predicted octanol–water partition coefficient (Wildman–Crippen LogP) is 2.71. The maximum atomic E-state index is 12.2. The van der Waals surface area contributed by atoms with E-state index >= 15 is 0 Å². The molecule has 0 aliphatic heterocycles. The fourth-order valence-electron chi connectivity index (χ4n) is 1.46. The molecule has 118 valence electrons. The van der Waals surface area contributed by atoms with Crippen molar-refractivity contribution in [3.63, 3.8) is 0 Å². The van der Waals surface area contributed by atoms with E-state index in [1.54, 1.807) is 0 Å². The number of nitro benzene ring substituents is 1. The van der Waals surface area contributed by atoms with Gasteiger partial charge in [-0.05, 0) is 13.0 Å². The van der Waals surface area contributed by atoms with Crippen LogP contribution >= 0.6 is 15.9 Å². The van der Waals surface area contributed by atoms with Gasteiger partial charge in [0.2, 0.25) is 5.75 Å². The van der Waals surface area contributed by atoms with Crippen LogP contribution in [-0.4, -0.2) is 34.0 Å². The highest BCUT2D eigenvalue weighted by Gasteiger charge is 2.39. The van der Waals surface area contributed by atoms with E-state index in [0.717, 1.165) is 6.07 Å². The molecule has 1 rings (SSSR count). The maximum absolute atomic E-state index is 12.2. The minimum atomic E-state index is -4.91. The number of nitrogens with zero attached hydrogens (tertiary/aromatic N) is 1. The number of rotatable bonds is 5. The first kappa shape index (κ1) is 17.7. The third-order valence-corrected chi connectivity index (χ3v) is 2.93. The highest BCUT2D eigenvalue weighted by Crippen LogP contribution is 2.38. The minimum absolute atomic E-state index is 0.0644. The van der Waals surface area contributed by atoms with E-state index < -0.39 is 41.4 Å². The van der Waals surface area contributed by atoms with Crippen molar-refractivity contribution in [3.05, 3.63) is 32.3 Å². The summed E-state index contributed by atoms with van der Waals surface area (Å²) in [6.45, 7) is 0.0598. The summed E-state index contributed by atoms with van der Waals surface area (Å²) in [6.07, 6.45) is -8.91. The molecule has 1 unspecified atom stereocenters. The summed E-state index contributed by atoms with van der Waals surface area (Å²) in [7, 11) is 0. The van der Waals surface area contributed by atoms with Gasteiger partial charge in [0.05, 0.1) is 11.0 Å². The van der Waals surface area contributed by atoms with Crippen LogP contribution in [0.15, 0.2) is 16.6 Å². The number of halogens is 4. The molecule has 1 aromatic rings. The van der Waals surface area contributed by atoms with Crippen LogP contribution < -0.4 is 4.74 Å². The van der Waals surface area contributed by atoms with Crippen LogP contribution in [-0.2, 0) is 0 Å². The number of benzene rings is 1. The summed E-state index contributed by atoms with van der Waals surface area (Å²) in [5, 5.41) is 29.3. The highest BCUT2D eigenvalue weighted by atomic mass is 79.9. The van der Waals surface area contributed by atoms with Gasteiger partial charge < -0.3 is 14.9 Å². The topological polar surface area (TPSA) is 92.8 Å². The molecule has 0 fully saturated rings. The molecule has 6 nitrogen and oxygen atoms in total. The molecule has 0 aromatic heterocycles. The predicted molar refractivity (Wildman–Crippen MR) is 69.0 cm³/mol. The Labute approximate surface area is 125 Å². The maximum Gasteiger partial charge on any atom is 0.417 e. The van der Waals surface area contributed by atoms with Crippen LogP contribution in [0.4, 0.5) is 18.9 Å². The third-order valence-electron chi connectivity index (χ3n) is 2.47. The lowest BCUT2D eigenvalue weighted by Gasteiger charge is -2.18. The van der Waals surface area contributed by atoms with Gasteiger partial charge in [0.1, 0.15) is 6.61 Å². The Hall–Kier alpha value is -1.39. The van der Waals surface area contributed by atoms with Crippen LogP contribution in [0.2, 0.25) is 0 Å². The van der Waals surface area contributed by atoms with Crippen molar-refractivity contribution < 1.29 is 33.0 Å². The first-order valence-corrected chi connectivity index (χ1v) is 6.36. The summed E-state index contributed by atoms with van der Waals surface area (Å²) in [5.41, 5.74) is -0.680. The van der Waals surface area contributed by atoms with Gasteiger partial charge in [-0.2, -0.15) is 13.2 Å². The molecular formula is C11H11BrF3NO5. The second kappa shape index (κ2) is 6.58. The zero-order chi connectivity index (χ0) is 16.4. The van der Waals surface area contributed by atoms with Crippen LogP contribution in [0.5, 0.6) is 5.75 Å². The molecule has 21 heavy (non-hydrogen) atoms. The SMILES string of the molecule is C[C@@H](O)c1cc(Br)cc([N+](=O)[O-])c1OCC(O)C(F)(F)F. The second-order valence-corrected chi connectivity index (χ2v) is 5.06. The van der Waals surface area contributed by atoms with Gasteiger partial charge >= 0.3 is 11.9 Å². The van der Waals surface area contributed by atoms with Crippen LogP contribution in [0.25, 0.3) is 0 Å². The van der Waals surface area contributed by atoms with E-state index in [9.17, 15) is 28.4 Å². The standard InChI is InChI=1S/C11H11BrF3NO5/c1-5(17)7-2-6(12)3-8(16(19)20)10(7)21-4-9(18)11(13,14)15/h2-3,5,9,17-18H,4H2,1H3/t5-,9?/m1/s1. The van der Waals surface area contributed by atoms with Gasteiger partial charge in [0.25, 0.3) is 0 Å². The molecule has 0 bridgehead atoms. The molecule has 0 aliphatic rings. The van der Waals surface area contributed by atoms with E-state index in [1.165, 1.54) is 13.0 Å². The largest absolute Gasteiger partial charge is 0.483 e. The van der Waals surface area contributed by atoms with Crippen molar-refractivity contribution in [2.24, 2.45) is 0 Å². The van der Waals surface area contributed by atoms with Crippen LogP contribution in [0.3, 0.4) is 0 Å². The molecule has 0 heterocycles. The Kier molecular flexibility index (Phi) is 5.54. The van der Waals surface area contributed by atoms with Crippen LogP contribution in [0, 0.1) is 10.1 Å². The Balaban J connectivity index is 3.17. The van der Waals surface area contributed by atoms with E-state index in [2.05, 4.69) is 15.9 Å². The lowest BCUT2D eigenvalue weighted by atomic mass is 10.1. The van der Waals surface area contributed by atoms with Crippen LogP contribution in [0.1, 0.15) is 18.6 Å². The van der Waals surface area contributed by atoms with E-state index in [-0.39, 0.29) is 10.0 Å². The molecule has 1 aromatic carbocycles. The summed E-state index contributed by atoms with van der Waals surface area (Å²) >= 11 is 3.00. The molecule has 0 aliphatic carbocycles. The lowest BCUT2D eigenvalue weighted by Crippen LogP contribution is -2.34. The van der Waals surface area contributed by atoms with Gasteiger partial charge in [-0.3, -0.25) is 10.1 Å². The Morgan fingerprint density at radius 3 is 2.43 bits per heavy atom. The molecule has 0 saturated heterocycles. The lowest BCUT2D eigenvalue weighted by molar-refractivity contribution is -0.386. The zero-order valence-electron chi connectivity index (χ0n) is 10.6. The molecule has 0 spiro atoms. The highest BCUT2D eigenvalue weighted by molar-refractivity contribution is 9.10. The average Bonchev–Trinajstić information content (AvgIpc) is 2.34. The van der Waals surface area contributed by atoms with E-state index in [0.29, 0.717) is 0 Å². The molecule has 0 amide bonds. The first-order valence-electron chi connectivity index (χ1n) is 5.57. The minimum Gasteiger partial charge on any atom is -0.483 e. The molecule has 0 saturated carbocycles. The zero-order valence-corrected chi connectivity index (χ0v) is 12.2. The Bertz CT molecular complexity index is 535. The quantitative estimate of drug-likeness (QED) is 0.611. The normalized spacial score (nSPS) is 14.6. The molecule has 2 N–H and O–H groups in total. The number of ether oxygens (including phenoxy) is 1. The second-order valence-electron chi connectivity index (χ2n) is 4.14. The van der Waals surface area contributed by atoms with E-state index in [1.807, 2.05) is 0 Å². The van der Waals surface area contributed by atoms with Gasteiger partial charge in [-0.1, -0.05) is 15.9 Å². The van der Waals surface area contributed by atoms with Gasteiger partial charge in [-0.25, -0.2) is 0 Å². The number of nitro groups is 1. The first-order chi connectivity index (χ1) is 9.54. The van der Waals surface area contributed by atoms with Gasteiger partial charge in [-0.15, -0.1) is 0 Å². The average molecular weight is 374 g/mol.